The number of rotatable bonds is 5. The lowest BCUT2D eigenvalue weighted by molar-refractivity contribution is -0.159. The second-order valence-electron chi connectivity index (χ2n) is 6.84. The normalized spacial score (nSPS) is 17.6. The quantitative estimate of drug-likeness (QED) is 0.574. The molecule has 1 fully saturated rings. The molecule has 3 aromatic rings. The van der Waals surface area contributed by atoms with Gasteiger partial charge in [0, 0.05) is 30.2 Å². The first-order chi connectivity index (χ1) is 13.9. The molecule has 1 unspecified atom stereocenters. The average Bonchev–Trinajstić information content (AvgIpc) is 3.34. The van der Waals surface area contributed by atoms with Crippen molar-refractivity contribution in [2.75, 3.05) is 13.1 Å². The zero-order valence-corrected chi connectivity index (χ0v) is 16.0. The fraction of sp³-hybridized carbons (Fsp3) is 0.300. The molecule has 1 saturated heterocycles. The molecule has 5 nitrogen and oxygen atoms in total. The number of nitrogens with zero attached hydrogens (tertiary/aromatic N) is 3. The summed E-state index contributed by atoms with van der Waals surface area (Å²) in [6, 6.07) is 14.4. The summed E-state index contributed by atoms with van der Waals surface area (Å²) in [4.78, 5) is 5.69. The van der Waals surface area contributed by atoms with Gasteiger partial charge in [-0.25, -0.2) is 0 Å². The molecule has 0 amide bonds. The summed E-state index contributed by atoms with van der Waals surface area (Å²) in [5, 5.41) is 4.10. The van der Waals surface area contributed by atoms with Crippen molar-refractivity contribution < 1.29 is 22.4 Å². The molecule has 1 aliphatic rings. The van der Waals surface area contributed by atoms with Crippen molar-refractivity contribution in [1.29, 1.82) is 0 Å². The van der Waals surface area contributed by atoms with Gasteiger partial charge in [0.25, 0.3) is 0 Å². The number of halogens is 4. The average molecular weight is 424 g/mol. The predicted octanol–water partition coefficient (Wildman–Crippen LogP) is 5.06. The summed E-state index contributed by atoms with van der Waals surface area (Å²) in [6.45, 7) is 2.55. The SMILES string of the molecule is FC(F)(F)c1nc(-c2ccc(OC3CCN(Cc4ccc(Cl)cc4)C3)cc2)no1. The van der Waals surface area contributed by atoms with Gasteiger partial charge in [0.1, 0.15) is 11.9 Å². The molecule has 0 N–H and O–H groups in total. The molecule has 1 aromatic heterocycles. The van der Waals surface area contributed by atoms with Crippen LogP contribution in [0.25, 0.3) is 11.4 Å². The van der Waals surface area contributed by atoms with Gasteiger partial charge in [-0.05, 0) is 48.4 Å². The van der Waals surface area contributed by atoms with Gasteiger partial charge in [-0.3, -0.25) is 4.90 Å². The fourth-order valence-corrected chi connectivity index (χ4v) is 3.34. The molecule has 9 heteroatoms. The molecule has 0 radical (unpaired) electrons. The Bertz CT molecular complexity index is 958. The van der Waals surface area contributed by atoms with Gasteiger partial charge >= 0.3 is 12.1 Å². The summed E-state index contributed by atoms with van der Waals surface area (Å²) in [5.41, 5.74) is 1.62. The van der Waals surface area contributed by atoms with E-state index in [2.05, 4.69) is 19.6 Å². The molecule has 4 rings (SSSR count). The van der Waals surface area contributed by atoms with Crippen molar-refractivity contribution in [1.82, 2.24) is 15.0 Å². The van der Waals surface area contributed by atoms with Crippen molar-refractivity contribution in [3.05, 3.63) is 65.0 Å². The molecule has 2 aromatic carbocycles. The van der Waals surface area contributed by atoms with E-state index in [9.17, 15) is 13.2 Å². The molecule has 1 aliphatic heterocycles. The Morgan fingerprint density at radius 1 is 1.10 bits per heavy atom. The third-order valence-corrected chi connectivity index (χ3v) is 4.88. The molecule has 0 spiro atoms. The number of aromatic nitrogens is 2. The Kier molecular flexibility index (Phi) is 5.47. The molecule has 29 heavy (non-hydrogen) atoms. The molecule has 1 atom stereocenters. The largest absolute Gasteiger partial charge is 0.489 e. The highest BCUT2D eigenvalue weighted by atomic mass is 35.5. The lowest BCUT2D eigenvalue weighted by Crippen LogP contribution is -2.24. The molecular formula is C20H17ClF3N3O2. The molecule has 0 bridgehead atoms. The van der Waals surface area contributed by atoms with Gasteiger partial charge in [0.2, 0.25) is 5.82 Å². The highest BCUT2D eigenvalue weighted by Crippen LogP contribution is 2.30. The minimum Gasteiger partial charge on any atom is -0.489 e. The first-order valence-corrected chi connectivity index (χ1v) is 9.39. The van der Waals surface area contributed by atoms with Gasteiger partial charge in [-0.2, -0.15) is 18.2 Å². The topological polar surface area (TPSA) is 51.4 Å². The van der Waals surface area contributed by atoms with Crippen molar-refractivity contribution in [2.24, 2.45) is 0 Å². The first-order valence-electron chi connectivity index (χ1n) is 9.01. The van der Waals surface area contributed by atoms with Crippen molar-refractivity contribution >= 4 is 11.6 Å². The van der Waals surface area contributed by atoms with E-state index in [1.165, 1.54) is 5.56 Å². The number of ether oxygens (including phenoxy) is 1. The van der Waals surface area contributed by atoms with Crippen molar-refractivity contribution in [3.8, 4) is 17.1 Å². The maximum absolute atomic E-state index is 12.6. The van der Waals surface area contributed by atoms with Crippen LogP contribution in [-0.2, 0) is 12.7 Å². The number of alkyl halides is 3. The smallest absolute Gasteiger partial charge is 0.471 e. The summed E-state index contributed by atoms with van der Waals surface area (Å²) in [5.74, 6) is -0.829. The third-order valence-electron chi connectivity index (χ3n) is 4.63. The van der Waals surface area contributed by atoms with E-state index >= 15 is 0 Å². The summed E-state index contributed by atoms with van der Waals surface area (Å²) in [7, 11) is 0. The molecule has 2 heterocycles. The van der Waals surface area contributed by atoms with Crippen molar-refractivity contribution in [2.45, 2.75) is 25.2 Å². The van der Waals surface area contributed by atoms with Crippen LogP contribution >= 0.6 is 11.6 Å². The Labute approximate surface area is 170 Å². The van der Waals surface area contributed by atoms with Crippen LogP contribution in [0.5, 0.6) is 5.75 Å². The van der Waals surface area contributed by atoms with Crippen LogP contribution in [0.2, 0.25) is 5.02 Å². The van der Waals surface area contributed by atoms with E-state index in [-0.39, 0.29) is 11.9 Å². The highest BCUT2D eigenvalue weighted by Gasteiger charge is 2.38. The predicted molar refractivity (Wildman–Crippen MR) is 100 cm³/mol. The van der Waals surface area contributed by atoms with Crippen LogP contribution in [0.15, 0.2) is 53.1 Å². The van der Waals surface area contributed by atoms with E-state index in [0.717, 1.165) is 31.1 Å². The maximum atomic E-state index is 12.6. The zero-order valence-electron chi connectivity index (χ0n) is 15.2. The van der Waals surface area contributed by atoms with Crippen LogP contribution in [0.1, 0.15) is 17.9 Å². The van der Waals surface area contributed by atoms with E-state index < -0.39 is 12.1 Å². The Balaban J connectivity index is 1.33. The van der Waals surface area contributed by atoms with Crippen LogP contribution in [-0.4, -0.2) is 34.2 Å². The van der Waals surface area contributed by atoms with Crippen LogP contribution in [0.3, 0.4) is 0 Å². The Morgan fingerprint density at radius 3 is 2.48 bits per heavy atom. The summed E-state index contributed by atoms with van der Waals surface area (Å²) >= 11 is 5.92. The van der Waals surface area contributed by atoms with Gasteiger partial charge in [-0.15, -0.1) is 0 Å². The highest BCUT2D eigenvalue weighted by molar-refractivity contribution is 6.30. The fourth-order valence-electron chi connectivity index (χ4n) is 3.22. The van der Waals surface area contributed by atoms with Gasteiger partial charge in [0.05, 0.1) is 0 Å². The number of likely N-dealkylation sites (tertiary alicyclic amines) is 1. The van der Waals surface area contributed by atoms with Gasteiger partial charge < -0.3 is 9.26 Å². The summed E-state index contributed by atoms with van der Waals surface area (Å²) in [6.07, 6.45) is -3.71. The number of hydrogen-bond acceptors (Lipinski definition) is 5. The standard InChI is InChI=1S/C20H17ClF3N3O2/c21-15-5-1-13(2-6-15)11-27-10-9-17(12-27)28-16-7-3-14(4-8-16)18-25-19(29-26-18)20(22,23)24/h1-8,17H,9-12H2. The molecule has 0 saturated carbocycles. The monoisotopic (exact) mass is 423 g/mol. The molecule has 0 aliphatic carbocycles. The number of hydrogen-bond donors (Lipinski definition) is 0. The van der Waals surface area contributed by atoms with Crippen LogP contribution in [0.4, 0.5) is 13.2 Å². The minimum atomic E-state index is -4.66. The van der Waals surface area contributed by atoms with Crippen LogP contribution in [0, 0.1) is 0 Å². The third kappa shape index (κ3) is 4.89. The molecular weight excluding hydrogens is 407 g/mol. The second kappa shape index (κ2) is 8.04. The minimum absolute atomic E-state index is 0.0511. The van der Waals surface area contributed by atoms with E-state index in [1.807, 2.05) is 24.3 Å². The van der Waals surface area contributed by atoms with E-state index in [4.69, 9.17) is 16.3 Å². The van der Waals surface area contributed by atoms with E-state index in [1.54, 1.807) is 24.3 Å². The summed E-state index contributed by atoms with van der Waals surface area (Å²) < 4.78 is 48.0. The second-order valence-corrected chi connectivity index (χ2v) is 7.27. The molecule has 152 valence electrons. The van der Waals surface area contributed by atoms with Gasteiger partial charge in [0.15, 0.2) is 0 Å². The Hall–Kier alpha value is -2.58. The van der Waals surface area contributed by atoms with Crippen molar-refractivity contribution in [3.63, 3.8) is 0 Å². The zero-order chi connectivity index (χ0) is 20.4. The van der Waals surface area contributed by atoms with E-state index in [0.29, 0.717) is 11.3 Å². The lowest BCUT2D eigenvalue weighted by Gasteiger charge is -2.17. The lowest BCUT2D eigenvalue weighted by atomic mass is 10.2. The first kappa shape index (κ1) is 19.7. The number of benzene rings is 2. The maximum Gasteiger partial charge on any atom is 0.471 e. The Morgan fingerprint density at radius 2 is 1.83 bits per heavy atom. The van der Waals surface area contributed by atoms with Gasteiger partial charge in [-0.1, -0.05) is 28.9 Å². The van der Waals surface area contributed by atoms with Crippen LogP contribution < -0.4 is 4.74 Å².